The predicted molar refractivity (Wildman–Crippen MR) is 128 cm³/mol. The number of nitrogens with zero attached hydrogens (tertiary/aromatic N) is 1. The zero-order valence-corrected chi connectivity index (χ0v) is 18.0. The zero-order valence-electron chi connectivity index (χ0n) is 17.1. The number of aryl methyl sites for hydroxylation is 3. The molecule has 0 aliphatic carbocycles. The summed E-state index contributed by atoms with van der Waals surface area (Å²) in [6, 6.07) is 25.7. The first kappa shape index (κ1) is 19.5. The van der Waals surface area contributed by atoms with Crippen molar-refractivity contribution in [1.29, 1.82) is 0 Å². The van der Waals surface area contributed by atoms with Gasteiger partial charge in [0.05, 0.1) is 11.1 Å². The van der Waals surface area contributed by atoms with Crippen molar-refractivity contribution in [3.8, 4) is 0 Å². The maximum atomic E-state index is 4.99. The van der Waals surface area contributed by atoms with Crippen molar-refractivity contribution in [2.45, 2.75) is 26.8 Å². The fourth-order valence-electron chi connectivity index (χ4n) is 3.76. The quantitative estimate of drug-likeness (QED) is 0.503. The molecule has 0 fully saturated rings. The first-order valence-electron chi connectivity index (χ1n) is 9.97. The van der Waals surface area contributed by atoms with Gasteiger partial charge in [-0.05, 0) is 49.1 Å². The van der Waals surface area contributed by atoms with Gasteiger partial charge in [-0.1, -0.05) is 78.4 Å². The third-order valence-corrected chi connectivity index (χ3v) is 6.15. The van der Waals surface area contributed by atoms with Crippen LogP contribution in [-0.4, -0.2) is 10.8 Å². The van der Waals surface area contributed by atoms with Gasteiger partial charge in [-0.3, -0.25) is 4.99 Å². The van der Waals surface area contributed by atoms with Crippen LogP contribution in [0.2, 0.25) is 0 Å². The minimum absolute atomic E-state index is 0.229. The summed E-state index contributed by atoms with van der Waals surface area (Å²) >= 11 is 1.82. The van der Waals surface area contributed by atoms with Gasteiger partial charge in [-0.15, -0.1) is 11.8 Å². The number of rotatable bonds is 5. The third kappa shape index (κ3) is 4.63. The summed E-state index contributed by atoms with van der Waals surface area (Å²) in [5, 5.41) is 4.78. The average molecular weight is 399 g/mol. The van der Waals surface area contributed by atoms with Gasteiger partial charge in [0.15, 0.2) is 0 Å². The minimum atomic E-state index is 0.229. The third-order valence-electron chi connectivity index (χ3n) is 5.15. The number of hydrogen-bond donors (Lipinski definition) is 1. The topological polar surface area (TPSA) is 24.4 Å². The fourth-order valence-corrected chi connectivity index (χ4v) is 4.76. The number of hydrogen-bond acceptors (Lipinski definition) is 3. The van der Waals surface area contributed by atoms with Crippen LogP contribution in [0.3, 0.4) is 0 Å². The standard InChI is InChI=1S/C26H26N2S/c1-18-14-19(2)26(20(3)15-18)28-23(21-10-6-4-7-11-21)16-25-27-24(17-29-25)22-12-8-5-9-13-22/h4-16,24,28H,17H2,1-3H3. The Morgan fingerprint density at radius 3 is 2.21 bits per heavy atom. The molecule has 0 bridgehead atoms. The normalized spacial score (nSPS) is 16.6. The summed E-state index contributed by atoms with van der Waals surface area (Å²) in [6.07, 6.45) is 2.20. The van der Waals surface area contributed by atoms with E-state index in [1.807, 2.05) is 11.8 Å². The van der Waals surface area contributed by atoms with Gasteiger partial charge in [0.25, 0.3) is 0 Å². The molecule has 2 nitrogen and oxygen atoms in total. The minimum Gasteiger partial charge on any atom is -0.355 e. The predicted octanol–water partition coefficient (Wildman–Crippen LogP) is 6.95. The van der Waals surface area contributed by atoms with E-state index < -0.39 is 0 Å². The van der Waals surface area contributed by atoms with Crippen molar-refractivity contribution < 1.29 is 0 Å². The van der Waals surface area contributed by atoms with Crippen LogP contribution in [0, 0.1) is 20.8 Å². The van der Waals surface area contributed by atoms with Crippen LogP contribution in [-0.2, 0) is 0 Å². The highest BCUT2D eigenvalue weighted by Crippen LogP contribution is 2.33. The molecule has 4 rings (SSSR count). The molecular weight excluding hydrogens is 372 g/mol. The molecule has 1 N–H and O–H groups in total. The Hall–Kier alpha value is -2.78. The molecule has 1 aliphatic rings. The number of nitrogens with one attached hydrogen (secondary N) is 1. The van der Waals surface area contributed by atoms with E-state index >= 15 is 0 Å². The highest BCUT2D eigenvalue weighted by Gasteiger charge is 2.19. The lowest BCUT2D eigenvalue weighted by atomic mass is 10.0. The molecule has 0 radical (unpaired) electrons. The van der Waals surface area contributed by atoms with Gasteiger partial charge in [0, 0.05) is 17.1 Å². The Morgan fingerprint density at radius 1 is 0.931 bits per heavy atom. The lowest BCUT2D eigenvalue weighted by Crippen LogP contribution is -2.04. The second kappa shape index (κ2) is 8.71. The van der Waals surface area contributed by atoms with Crippen molar-refractivity contribution in [2.24, 2.45) is 4.99 Å². The number of benzene rings is 3. The molecule has 3 aromatic carbocycles. The molecule has 0 amide bonds. The van der Waals surface area contributed by atoms with Crippen molar-refractivity contribution in [2.75, 3.05) is 11.1 Å². The van der Waals surface area contributed by atoms with Crippen LogP contribution in [0.25, 0.3) is 5.70 Å². The first-order chi connectivity index (χ1) is 14.1. The van der Waals surface area contributed by atoms with E-state index in [-0.39, 0.29) is 6.04 Å². The van der Waals surface area contributed by atoms with Crippen LogP contribution in [0.15, 0.2) is 83.9 Å². The average Bonchev–Trinajstić information content (AvgIpc) is 3.20. The highest BCUT2D eigenvalue weighted by molar-refractivity contribution is 8.14. The Morgan fingerprint density at radius 2 is 1.55 bits per heavy atom. The van der Waals surface area contributed by atoms with E-state index in [4.69, 9.17) is 4.99 Å². The number of aliphatic imine (C=N–C) groups is 1. The van der Waals surface area contributed by atoms with Crippen molar-refractivity contribution in [1.82, 2.24) is 0 Å². The molecular formula is C26H26N2S. The smallest absolute Gasteiger partial charge is 0.0934 e. The molecule has 146 valence electrons. The van der Waals surface area contributed by atoms with Crippen molar-refractivity contribution in [3.05, 3.63) is 107 Å². The fraction of sp³-hybridized carbons (Fsp3) is 0.192. The number of thioether (sulfide) groups is 1. The molecule has 0 saturated carbocycles. The van der Waals surface area contributed by atoms with Crippen molar-refractivity contribution >= 4 is 28.2 Å². The maximum Gasteiger partial charge on any atom is 0.0934 e. The van der Waals surface area contributed by atoms with Crippen molar-refractivity contribution in [3.63, 3.8) is 0 Å². The summed E-state index contributed by atoms with van der Waals surface area (Å²) in [4.78, 5) is 4.99. The van der Waals surface area contributed by atoms with Gasteiger partial charge in [-0.25, -0.2) is 0 Å². The Balaban J connectivity index is 1.69. The molecule has 3 heteroatoms. The lowest BCUT2D eigenvalue weighted by Gasteiger charge is -2.17. The zero-order chi connectivity index (χ0) is 20.2. The van der Waals surface area contributed by atoms with Crippen LogP contribution in [0.1, 0.15) is 33.9 Å². The molecule has 1 unspecified atom stereocenters. The van der Waals surface area contributed by atoms with Crippen LogP contribution >= 0.6 is 11.8 Å². The molecule has 0 spiro atoms. The summed E-state index contributed by atoms with van der Waals surface area (Å²) < 4.78 is 0. The summed E-state index contributed by atoms with van der Waals surface area (Å²) in [5.41, 5.74) is 8.51. The van der Waals surface area contributed by atoms with E-state index in [1.165, 1.54) is 33.5 Å². The maximum absolute atomic E-state index is 4.99. The van der Waals surface area contributed by atoms with E-state index in [0.29, 0.717) is 0 Å². The highest BCUT2D eigenvalue weighted by atomic mass is 32.2. The van der Waals surface area contributed by atoms with Crippen LogP contribution in [0.5, 0.6) is 0 Å². The Labute approximate surface area is 177 Å². The van der Waals surface area contributed by atoms with Gasteiger partial charge in [-0.2, -0.15) is 0 Å². The lowest BCUT2D eigenvalue weighted by molar-refractivity contribution is 0.850. The molecule has 1 heterocycles. The van der Waals surface area contributed by atoms with E-state index in [0.717, 1.165) is 16.5 Å². The number of anilines is 1. The van der Waals surface area contributed by atoms with E-state index in [2.05, 4.69) is 105 Å². The molecule has 1 aliphatic heterocycles. The summed E-state index contributed by atoms with van der Waals surface area (Å²) in [6.45, 7) is 6.47. The summed E-state index contributed by atoms with van der Waals surface area (Å²) in [5.74, 6) is 0.987. The SMILES string of the molecule is Cc1cc(C)c(NC(=CC2=NC(c3ccccc3)CS2)c2ccccc2)c(C)c1. The molecule has 29 heavy (non-hydrogen) atoms. The molecule has 0 saturated heterocycles. The second-order valence-electron chi connectivity index (χ2n) is 7.53. The Kier molecular flexibility index (Phi) is 5.86. The van der Waals surface area contributed by atoms with Gasteiger partial charge < -0.3 is 5.32 Å². The summed E-state index contributed by atoms with van der Waals surface area (Å²) in [7, 11) is 0. The second-order valence-corrected chi connectivity index (χ2v) is 8.57. The van der Waals surface area contributed by atoms with Crippen LogP contribution < -0.4 is 5.32 Å². The largest absolute Gasteiger partial charge is 0.355 e. The Bertz CT molecular complexity index is 1030. The molecule has 3 aromatic rings. The van der Waals surface area contributed by atoms with Gasteiger partial charge >= 0.3 is 0 Å². The molecule has 1 atom stereocenters. The monoisotopic (exact) mass is 398 g/mol. The van der Waals surface area contributed by atoms with Gasteiger partial charge in [0.2, 0.25) is 0 Å². The van der Waals surface area contributed by atoms with E-state index in [1.54, 1.807) is 0 Å². The molecule has 0 aromatic heterocycles. The first-order valence-corrected chi connectivity index (χ1v) is 11.0. The van der Waals surface area contributed by atoms with Crippen LogP contribution in [0.4, 0.5) is 5.69 Å². The van der Waals surface area contributed by atoms with Gasteiger partial charge in [0.1, 0.15) is 0 Å². The van der Waals surface area contributed by atoms with E-state index in [9.17, 15) is 0 Å².